The summed E-state index contributed by atoms with van der Waals surface area (Å²) in [5.74, 6) is 0.451. The molecule has 0 aliphatic rings. The maximum atomic E-state index is 12.0. The third-order valence-corrected chi connectivity index (χ3v) is 3.26. The minimum atomic E-state index is -0.334. The molecule has 0 fully saturated rings. The standard InChI is InChI=1S/C14H13Cl2N3O2/c1-21-10-4-2-3-9(7-10)5-6-17-14(20)11-8-12(15)18-19-13(11)16/h2-4,7-8H,5-6H2,1H3,(H,17,20). The summed E-state index contributed by atoms with van der Waals surface area (Å²) in [6.07, 6.45) is 0.673. The van der Waals surface area contributed by atoms with Gasteiger partial charge >= 0.3 is 0 Å². The van der Waals surface area contributed by atoms with Crippen molar-refractivity contribution in [2.24, 2.45) is 0 Å². The Morgan fingerprint density at radius 2 is 2.10 bits per heavy atom. The molecule has 0 radical (unpaired) electrons. The fraction of sp³-hybridized carbons (Fsp3) is 0.214. The van der Waals surface area contributed by atoms with Crippen LogP contribution in [-0.2, 0) is 6.42 Å². The number of amides is 1. The number of nitrogens with zero attached hydrogens (tertiary/aromatic N) is 2. The normalized spacial score (nSPS) is 10.2. The van der Waals surface area contributed by atoms with Crippen LogP contribution < -0.4 is 10.1 Å². The maximum Gasteiger partial charge on any atom is 0.254 e. The predicted molar refractivity (Wildman–Crippen MR) is 81.1 cm³/mol. The first-order chi connectivity index (χ1) is 10.1. The lowest BCUT2D eigenvalue weighted by atomic mass is 10.1. The molecule has 5 nitrogen and oxygen atoms in total. The lowest BCUT2D eigenvalue weighted by Crippen LogP contribution is -2.26. The Hall–Kier alpha value is -1.85. The van der Waals surface area contributed by atoms with Gasteiger partial charge in [-0.1, -0.05) is 35.3 Å². The van der Waals surface area contributed by atoms with Crippen molar-refractivity contribution < 1.29 is 9.53 Å². The van der Waals surface area contributed by atoms with Crippen molar-refractivity contribution in [3.63, 3.8) is 0 Å². The minimum absolute atomic E-state index is 0.0262. The van der Waals surface area contributed by atoms with Crippen molar-refractivity contribution in [1.29, 1.82) is 0 Å². The predicted octanol–water partition coefficient (Wildman–Crippen LogP) is 2.76. The fourth-order valence-electron chi connectivity index (χ4n) is 1.76. The van der Waals surface area contributed by atoms with Crippen LogP contribution in [0.15, 0.2) is 30.3 Å². The van der Waals surface area contributed by atoms with Crippen molar-refractivity contribution in [3.05, 3.63) is 51.8 Å². The first kappa shape index (κ1) is 15.5. The fourth-order valence-corrected chi connectivity index (χ4v) is 2.08. The van der Waals surface area contributed by atoms with E-state index in [0.29, 0.717) is 13.0 Å². The molecule has 0 spiro atoms. The van der Waals surface area contributed by atoms with E-state index in [9.17, 15) is 4.79 Å². The van der Waals surface area contributed by atoms with Crippen LogP contribution in [0.1, 0.15) is 15.9 Å². The average Bonchev–Trinajstić information content (AvgIpc) is 2.49. The van der Waals surface area contributed by atoms with Gasteiger partial charge in [-0.2, -0.15) is 0 Å². The second kappa shape index (κ2) is 7.24. The molecule has 0 saturated carbocycles. The number of benzene rings is 1. The molecular weight excluding hydrogens is 313 g/mol. The summed E-state index contributed by atoms with van der Waals surface area (Å²) < 4.78 is 5.15. The Kier molecular flexibility index (Phi) is 5.36. The highest BCUT2D eigenvalue weighted by Gasteiger charge is 2.12. The molecule has 0 aliphatic carbocycles. The van der Waals surface area contributed by atoms with E-state index in [0.717, 1.165) is 11.3 Å². The van der Waals surface area contributed by atoms with Crippen LogP contribution in [0.4, 0.5) is 0 Å². The summed E-state index contributed by atoms with van der Waals surface area (Å²) >= 11 is 11.5. The van der Waals surface area contributed by atoms with Gasteiger partial charge in [0, 0.05) is 6.54 Å². The maximum absolute atomic E-state index is 12.0. The quantitative estimate of drug-likeness (QED) is 0.918. The van der Waals surface area contributed by atoms with Gasteiger partial charge in [0.15, 0.2) is 10.3 Å². The molecule has 2 aromatic rings. The van der Waals surface area contributed by atoms with Gasteiger partial charge in [0.1, 0.15) is 5.75 Å². The Morgan fingerprint density at radius 1 is 1.29 bits per heavy atom. The number of halogens is 2. The van der Waals surface area contributed by atoms with Crippen LogP contribution in [0, 0.1) is 0 Å². The molecule has 0 aliphatic heterocycles. The zero-order valence-corrected chi connectivity index (χ0v) is 12.8. The smallest absolute Gasteiger partial charge is 0.254 e. The number of carbonyl (C=O) groups excluding carboxylic acids is 1. The number of rotatable bonds is 5. The zero-order valence-electron chi connectivity index (χ0n) is 11.3. The van der Waals surface area contributed by atoms with Crippen LogP contribution in [-0.4, -0.2) is 29.8 Å². The van der Waals surface area contributed by atoms with E-state index in [-0.39, 0.29) is 21.8 Å². The summed E-state index contributed by atoms with van der Waals surface area (Å²) in [7, 11) is 1.61. The van der Waals surface area contributed by atoms with Gasteiger partial charge in [0.2, 0.25) is 0 Å². The Labute approximate surface area is 132 Å². The third kappa shape index (κ3) is 4.31. The van der Waals surface area contributed by atoms with E-state index in [1.165, 1.54) is 6.07 Å². The highest BCUT2D eigenvalue weighted by Crippen LogP contribution is 2.15. The van der Waals surface area contributed by atoms with Crippen molar-refractivity contribution in [2.75, 3.05) is 13.7 Å². The van der Waals surface area contributed by atoms with E-state index < -0.39 is 0 Å². The van der Waals surface area contributed by atoms with Crippen LogP contribution in [0.2, 0.25) is 10.3 Å². The zero-order chi connectivity index (χ0) is 15.2. The van der Waals surface area contributed by atoms with Gasteiger partial charge in [-0.3, -0.25) is 4.79 Å². The monoisotopic (exact) mass is 325 g/mol. The van der Waals surface area contributed by atoms with Gasteiger partial charge < -0.3 is 10.1 Å². The van der Waals surface area contributed by atoms with E-state index in [1.54, 1.807) is 7.11 Å². The van der Waals surface area contributed by atoms with Crippen molar-refractivity contribution in [3.8, 4) is 5.75 Å². The van der Waals surface area contributed by atoms with Gasteiger partial charge in [-0.15, -0.1) is 10.2 Å². The third-order valence-electron chi connectivity index (χ3n) is 2.80. The molecule has 1 amide bonds. The molecular formula is C14H13Cl2N3O2. The molecule has 7 heteroatoms. The Morgan fingerprint density at radius 3 is 2.86 bits per heavy atom. The first-order valence-electron chi connectivity index (χ1n) is 6.20. The highest BCUT2D eigenvalue weighted by molar-refractivity contribution is 6.34. The topological polar surface area (TPSA) is 64.1 Å². The Bertz CT molecular complexity index is 650. The van der Waals surface area contributed by atoms with E-state index in [1.807, 2.05) is 24.3 Å². The van der Waals surface area contributed by atoms with Crippen LogP contribution in [0.5, 0.6) is 5.75 Å². The molecule has 110 valence electrons. The van der Waals surface area contributed by atoms with E-state index >= 15 is 0 Å². The molecule has 1 heterocycles. The average molecular weight is 326 g/mol. The molecule has 21 heavy (non-hydrogen) atoms. The van der Waals surface area contributed by atoms with Gasteiger partial charge in [0.05, 0.1) is 12.7 Å². The summed E-state index contributed by atoms with van der Waals surface area (Å²) in [4.78, 5) is 12.0. The summed E-state index contributed by atoms with van der Waals surface area (Å²) in [6.45, 7) is 0.461. The van der Waals surface area contributed by atoms with Crippen molar-refractivity contribution in [2.45, 2.75) is 6.42 Å². The summed E-state index contributed by atoms with van der Waals surface area (Å²) in [6, 6.07) is 9.04. The number of carbonyl (C=O) groups is 1. The van der Waals surface area contributed by atoms with Crippen LogP contribution >= 0.6 is 23.2 Å². The largest absolute Gasteiger partial charge is 0.497 e. The van der Waals surface area contributed by atoms with Crippen molar-refractivity contribution >= 4 is 29.1 Å². The molecule has 1 aromatic carbocycles. The molecule has 1 N–H and O–H groups in total. The van der Waals surface area contributed by atoms with E-state index in [2.05, 4.69) is 15.5 Å². The molecule has 0 atom stereocenters. The van der Waals surface area contributed by atoms with Gasteiger partial charge in [-0.25, -0.2) is 0 Å². The highest BCUT2D eigenvalue weighted by atomic mass is 35.5. The SMILES string of the molecule is COc1cccc(CCNC(=O)c2cc(Cl)nnc2Cl)c1. The summed E-state index contributed by atoms with van der Waals surface area (Å²) in [5.41, 5.74) is 1.27. The molecule has 0 bridgehead atoms. The summed E-state index contributed by atoms with van der Waals surface area (Å²) in [5, 5.41) is 10.1. The number of nitrogens with one attached hydrogen (secondary N) is 1. The molecule has 2 rings (SSSR count). The molecule has 0 unspecified atom stereocenters. The lowest BCUT2D eigenvalue weighted by molar-refractivity contribution is 0.0953. The molecule has 0 saturated heterocycles. The number of hydrogen-bond donors (Lipinski definition) is 1. The second-order valence-electron chi connectivity index (χ2n) is 4.23. The van der Waals surface area contributed by atoms with Gasteiger partial charge in [0.25, 0.3) is 5.91 Å². The Balaban J connectivity index is 1.93. The number of aromatic nitrogens is 2. The minimum Gasteiger partial charge on any atom is -0.497 e. The lowest BCUT2D eigenvalue weighted by Gasteiger charge is -2.07. The second-order valence-corrected chi connectivity index (χ2v) is 4.97. The molecule has 1 aromatic heterocycles. The van der Waals surface area contributed by atoms with Gasteiger partial charge in [-0.05, 0) is 30.2 Å². The van der Waals surface area contributed by atoms with E-state index in [4.69, 9.17) is 27.9 Å². The van der Waals surface area contributed by atoms with Crippen molar-refractivity contribution in [1.82, 2.24) is 15.5 Å². The number of hydrogen-bond acceptors (Lipinski definition) is 4. The number of methoxy groups -OCH3 is 1. The first-order valence-corrected chi connectivity index (χ1v) is 6.95. The van der Waals surface area contributed by atoms with Crippen LogP contribution in [0.3, 0.4) is 0 Å². The number of ether oxygens (including phenoxy) is 1. The van der Waals surface area contributed by atoms with Crippen LogP contribution in [0.25, 0.3) is 0 Å².